The number of carbonyl (C=O) groups excluding carboxylic acids is 1. The lowest BCUT2D eigenvalue weighted by atomic mass is 10.0. The molecule has 2 heterocycles. The summed E-state index contributed by atoms with van der Waals surface area (Å²) in [6.45, 7) is -0.00587. The quantitative estimate of drug-likeness (QED) is 0.863. The normalized spacial score (nSPS) is 20.7. The monoisotopic (exact) mass is 352 g/mol. The molecule has 1 amide bonds. The number of halogens is 3. The van der Waals surface area contributed by atoms with E-state index in [1.807, 2.05) is 0 Å². The molecule has 1 saturated heterocycles. The molecule has 0 saturated carbocycles. The van der Waals surface area contributed by atoms with Crippen LogP contribution in [0.5, 0.6) is 0 Å². The highest BCUT2D eigenvalue weighted by Gasteiger charge is 2.38. The first-order valence-electron chi connectivity index (χ1n) is 7.49. The Morgan fingerprint density at radius 2 is 2.12 bits per heavy atom. The van der Waals surface area contributed by atoms with Crippen LogP contribution in [0.4, 0.5) is 19.0 Å². The number of nitrogen functional groups attached to an aromatic ring is 1. The van der Waals surface area contributed by atoms with E-state index < -0.39 is 29.8 Å². The largest absolute Gasteiger partial charge is 0.416 e. The van der Waals surface area contributed by atoms with Crippen molar-refractivity contribution in [2.45, 2.75) is 24.7 Å². The Balaban J connectivity index is 1.95. The molecule has 1 aliphatic heterocycles. The number of nitrogens with two attached hydrogens (primary N) is 1. The van der Waals surface area contributed by atoms with Crippen LogP contribution in [0.2, 0.25) is 0 Å². The molecule has 3 N–H and O–H groups in total. The van der Waals surface area contributed by atoms with Gasteiger partial charge in [0.25, 0.3) is 5.91 Å². The van der Waals surface area contributed by atoms with Gasteiger partial charge in [-0.2, -0.15) is 13.2 Å². The van der Waals surface area contributed by atoms with E-state index in [2.05, 4.69) is 9.97 Å². The second-order valence-electron chi connectivity index (χ2n) is 5.81. The fourth-order valence-electron chi connectivity index (χ4n) is 2.94. The molecule has 0 spiro atoms. The van der Waals surface area contributed by atoms with Gasteiger partial charge in [0.15, 0.2) is 0 Å². The van der Waals surface area contributed by atoms with E-state index in [9.17, 15) is 23.1 Å². The predicted octanol–water partition coefficient (Wildman–Crippen LogP) is 2.03. The van der Waals surface area contributed by atoms with Gasteiger partial charge in [0.2, 0.25) is 0 Å². The van der Waals surface area contributed by atoms with Gasteiger partial charge < -0.3 is 15.7 Å². The van der Waals surface area contributed by atoms with Crippen LogP contribution < -0.4 is 5.73 Å². The number of anilines is 1. The summed E-state index contributed by atoms with van der Waals surface area (Å²) in [6.07, 6.45) is -2.75. The van der Waals surface area contributed by atoms with Crippen molar-refractivity contribution in [2.24, 2.45) is 0 Å². The van der Waals surface area contributed by atoms with Crippen LogP contribution in [0.25, 0.3) is 0 Å². The van der Waals surface area contributed by atoms with Crippen LogP contribution in [-0.4, -0.2) is 38.5 Å². The van der Waals surface area contributed by atoms with E-state index in [1.165, 1.54) is 29.6 Å². The van der Waals surface area contributed by atoms with Gasteiger partial charge in [-0.15, -0.1) is 0 Å². The molecule has 3 rings (SSSR count). The Hall–Kier alpha value is -2.68. The zero-order valence-electron chi connectivity index (χ0n) is 12.9. The van der Waals surface area contributed by atoms with Gasteiger partial charge >= 0.3 is 6.18 Å². The van der Waals surface area contributed by atoms with Crippen molar-refractivity contribution in [1.29, 1.82) is 0 Å². The number of aliphatic hydroxyl groups is 1. The molecule has 0 unspecified atom stereocenters. The molecule has 1 fully saturated rings. The number of aliphatic hydroxyl groups excluding tert-OH is 1. The number of rotatable bonds is 2. The fraction of sp³-hybridized carbons (Fsp3) is 0.312. The van der Waals surface area contributed by atoms with Gasteiger partial charge in [-0.05, 0) is 24.1 Å². The smallest absolute Gasteiger partial charge is 0.391 e. The Morgan fingerprint density at radius 1 is 1.36 bits per heavy atom. The minimum Gasteiger partial charge on any atom is -0.391 e. The highest BCUT2D eigenvalue weighted by molar-refractivity contribution is 5.98. The van der Waals surface area contributed by atoms with Crippen LogP contribution in [0, 0.1) is 0 Å². The van der Waals surface area contributed by atoms with Crippen molar-refractivity contribution in [1.82, 2.24) is 14.9 Å². The minimum absolute atomic E-state index is 0.00587. The molecular formula is C16H15F3N4O2. The first-order chi connectivity index (χ1) is 11.8. The first kappa shape index (κ1) is 17.2. The number of carbonyl (C=O) groups is 1. The van der Waals surface area contributed by atoms with Crippen molar-refractivity contribution >= 4 is 11.7 Å². The van der Waals surface area contributed by atoms with E-state index in [1.54, 1.807) is 0 Å². The molecule has 6 nitrogen and oxygen atoms in total. The molecule has 132 valence electrons. The molecule has 0 bridgehead atoms. The number of β-amino-alcohol motifs (C(OH)–C–C–N with tert-alkyl or cyclic N) is 1. The third-order valence-electron chi connectivity index (χ3n) is 4.11. The second-order valence-corrected chi connectivity index (χ2v) is 5.81. The third-order valence-corrected chi connectivity index (χ3v) is 4.11. The average Bonchev–Trinajstić information content (AvgIpc) is 2.96. The van der Waals surface area contributed by atoms with Crippen molar-refractivity contribution in [2.75, 3.05) is 12.3 Å². The van der Waals surface area contributed by atoms with Crippen LogP contribution in [0.15, 0.2) is 36.8 Å². The Morgan fingerprint density at radius 3 is 2.80 bits per heavy atom. The molecule has 0 radical (unpaired) electrons. The summed E-state index contributed by atoms with van der Waals surface area (Å²) in [6, 6.07) is 4.05. The van der Waals surface area contributed by atoms with Crippen LogP contribution in [0.1, 0.15) is 33.9 Å². The maximum Gasteiger partial charge on any atom is 0.416 e. The highest BCUT2D eigenvalue weighted by Crippen LogP contribution is 2.37. The number of benzene rings is 1. The van der Waals surface area contributed by atoms with E-state index in [-0.39, 0.29) is 24.3 Å². The number of likely N-dealkylation sites (tertiary alicyclic amines) is 1. The van der Waals surface area contributed by atoms with E-state index in [0.717, 1.165) is 12.1 Å². The van der Waals surface area contributed by atoms with E-state index >= 15 is 0 Å². The fourth-order valence-corrected chi connectivity index (χ4v) is 2.94. The van der Waals surface area contributed by atoms with Crippen LogP contribution in [0.3, 0.4) is 0 Å². The highest BCUT2D eigenvalue weighted by atomic mass is 19.4. The lowest BCUT2D eigenvalue weighted by molar-refractivity contribution is -0.137. The van der Waals surface area contributed by atoms with Gasteiger partial charge in [0.05, 0.1) is 17.7 Å². The topological polar surface area (TPSA) is 92.3 Å². The van der Waals surface area contributed by atoms with Crippen molar-refractivity contribution in [3.63, 3.8) is 0 Å². The van der Waals surface area contributed by atoms with Gasteiger partial charge in [0.1, 0.15) is 17.7 Å². The number of aromatic nitrogens is 2. The summed E-state index contributed by atoms with van der Waals surface area (Å²) in [4.78, 5) is 21.5. The summed E-state index contributed by atoms with van der Waals surface area (Å²) < 4.78 is 38.8. The molecule has 0 aliphatic carbocycles. The number of hydrogen-bond donors (Lipinski definition) is 2. The lowest BCUT2D eigenvalue weighted by Gasteiger charge is -2.25. The van der Waals surface area contributed by atoms with Crippen molar-refractivity contribution in [3.8, 4) is 0 Å². The predicted molar refractivity (Wildman–Crippen MR) is 82.3 cm³/mol. The summed E-state index contributed by atoms with van der Waals surface area (Å²) in [5.41, 5.74) is 5.23. The molecule has 1 aromatic carbocycles. The Labute approximate surface area is 141 Å². The maximum atomic E-state index is 12.9. The average molecular weight is 352 g/mol. The number of hydrogen-bond acceptors (Lipinski definition) is 5. The molecule has 2 aromatic rings. The zero-order valence-corrected chi connectivity index (χ0v) is 12.9. The van der Waals surface area contributed by atoms with Crippen LogP contribution >= 0.6 is 0 Å². The van der Waals surface area contributed by atoms with Crippen molar-refractivity contribution < 1.29 is 23.1 Å². The Bertz CT molecular complexity index is 797. The number of nitrogens with zero attached hydrogens (tertiary/aromatic N) is 3. The summed E-state index contributed by atoms with van der Waals surface area (Å²) in [5.74, 6) is -0.554. The SMILES string of the molecule is Nc1ncncc1C(=O)N1C[C@@H](O)C[C@@H]1c1cccc(C(F)(F)F)c1. The third kappa shape index (κ3) is 3.41. The van der Waals surface area contributed by atoms with Gasteiger partial charge in [0, 0.05) is 12.7 Å². The molecule has 2 atom stereocenters. The van der Waals surface area contributed by atoms with E-state index in [4.69, 9.17) is 5.73 Å². The molecule has 1 aliphatic rings. The van der Waals surface area contributed by atoms with E-state index in [0.29, 0.717) is 5.56 Å². The zero-order chi connectivity index (χ0) is 18.2. The first-order valence-corrected chi connectivity index (χ1v) is 7.49. The molecule has 9 heteroatoms. The van der Waals surface area contributed by atoms with Crippen molar-refractivity contribution in [3.05, 3.63) is 53.5 Å². The minimum atomic E-state index is -4.49. The van der Waals surface area contributed by atoms with Gasteiger partial charge in [-0.25, -0.2) is 9.97 Å². The molecule has 25 heavy (non-hydrogen) atoms. The second kappa shape index (κ2) is 6.32. The number of amides is 1. The summed E-state index contributed by atoms with van der Waals surface area (Å²) in [7, 11) is 0. The molecule has 1 aromatic heterocycles. The van der Waals surface area contributed by atoms with Gasteiger partial charge in [-0.3, -0.25) is 4.79 Å². The number of alkyl halides is 3. The Kier molecular flexibility index (Phi) is 4.34. The summed E-state index contributed by atoms with van der Waals surface area (Å²) in [5, 5.41) is 9.95. The standard InChI is InChI=1S/C16H15F3N4O2/c17-16(18,19)10-3-1-2-9(4-10)13-5-11(24)7-23(13)15(25)12-6-21-8-22-14(12)20/h1-4,6,8,11,13,24H,5,7H2,(H2,20,21,22)/t11-,13+/m0/s1. The maximum absolute atomic E-state index is 12.9. The summed E-state index contributed by atoms with van der Waals surface area (Å²) >= 11 is 0. The molecular weight excluding hydrogens is 337 g/mol. The van der Waals surface area contributed by atoms with Crippen LogP contribution in [-0.2, 0) is 6.18 Å². The lowest BCUT2D eigenvalue weighted by Crippen LogP contribution is -2.32. The van der Waals surface area contributed by atoms with Gasteiger partial charge in [-0.1, -0.05) is 12.1 Å².